The number of aryl methyl sites for hydroxylation is 1. The van der Waals surface area contributed by atoms with Gasteiger partial charge in [-0.25, -0.2) is 13.2 Å². The average Bonchev–Trinajstić information content (AvgIpc) is 2.75. The van der Waals surface area contributed by atoms with E-state index in [2.05, 4.69) is 25.6 Å². The van der Waals surface area contributed by atoms with Gasteiger partial charge < -0.3 is 5.11 Å². The topological polar surface area (TPSA) is 96.4 Å². The van der Waals surface area contributed by atoms with Crippen molar-refractivity contribution in [3.8, 4) is 0 Å². The number of pyridine rings is 1. The summed E-state index contributed by atoms with van der Waals surface area (Å²) in [5.41, 5.74) is 1.07. The highest BCUT2D eigenvalue weighted by molar-refractivity contribution is 9.11. The Hall–Kier alpha value is -1.45. The molecule has 9 heteroatoms. The predicted molar refractivity (Wildman–Crippen MR) is 78.8 cm³/mol. The predicted octanol–water partition coefficient (Wildman–Crippen LogP) is 2.71. The molecule has 0 amide bonds. The maximum Gasteiger partial charge on any atom is 0.345 e. The third-order valence-electron chi connectivity index (χ3n) is 2.42. The average molecular weight is 377 g/mol. The fourth-order valence-corrected chi connectivity index (χ4v) is 4.96. The summed E-state index contributed by atoms with van der Waals surface area (Å²) >= 11 is 3.93. The number of aromatic nitrogens is 1. The van der Waals surface area contributed by atoms with Crippen molar-refractivity contribution in [2.75, 3.05) is 4.72 Å². The summed E-state index contributed by atoms with van der Waals surface area (Å²) in [4.78, 5) is 14.6. The van der Waals surface area contributed by atoms with E-state index in [4.69, 9.17) is 5.11 Å². The fraction of sp³-hybridized carbons (Fsp3) is 0.0909. The van der Waals surface area contributed by atoms with E-state index in [9.17, 15) is 13.2 Å². The summed E-state index contributed by atoms with van der Waals surface area (Å²) in [7, 11) is -3.86. The molecule has 0 aliphatic carbocycles. The molecule has 0 aliphatic rings. The Bertz CT molecular complexity index is 770. The molecular weight excluding hydrogens is 368 g/mol. The normalized spacial score (nSPS) is 11.3. The molecule has 2 rings (SSSR count). The van der Waals surface area contributed by atoms with Crippen molar-refractivity contribution in [1.82, 2.24) is 4.98 Å². The third-order valence-corrected chi connectivity index (χ3v) is 6.03. The molecule has 2 aromatic rings. The van der Waals surface area contributed by atoms with Gasteiger partial charge in [0, 0.05) is 12.4 Å². The van der Waals surface area contributed by atoms with E-state index < -0.39 is 16.0 Å². The first-order valence-electron chi connectivity index (χ1n) is 5.27. The van der Waals surface area contributed by atoms with E-state index >= 15 is 0 Å². The zero-order chi connectivity index (χ0) is 14.9. The van der Waals surface area contributed by atoms with Crippen molar-refractivity contribution in [3.05, 3.63) is 38.8 Å². The molecule has 0 radical (unpaired) electrons. The number of aromatic carboxylic acids is 1. The molecule has 0 saturated carbocycles. The lowest BCUT2D eigenvalue weighted by molar-refractivity contribution is 0.0702. The molecule has 0 atom stereocenters. The van der Waals surface area contributed by atoms with Gasteiger partial charge in [-0.15, -0.1) is 11.3 Å². The number of nitrogens with zero attached hydrogens (tertiary/aromatic N) is 1. The summed E-state index contributed by atoms with van der Waals surface area (Å²) in [5.74, 6) is -1.17. The Labute approximate surface area is 127 Å². The molecule has 2 heterocycles. The lowest BCUT2D eigenvalue weighted by atomic mass is 10.3. The second-order valence-corrected chi connectivity index (χ2v) is 7.87. The van der Waals surface area contributed by atoms with Crippen molar-refractivity contribution < 1.29 is 18.3 Å². The summed E-state index contributed by atoms with van der Waals surface area (Å²) in [6.45, 7) is 1.72. The van der Waals surface area contributed by atoms with Crippen LogP contribution in [0.1, 0.15) is 15.2 Å². The largest absolute Gasteiger partial charge is 0.477 e. The molecule has 20 heavy (non-hydrogen) atoms. The van der Waals surface area contributed by atoms with Crippen molar-refractivity contribution in [2.24, 2.45) is 0 Å². The lowest BCUT2D eigenvalue weighted by Crippen LogP contribution is -2.13. The third kappa shape index (κ3) is 3.00. The number of rotatable bonds is 4. The number of carboxylic acids is 1. The molecule has 6 nitrogen and oxygen atoms in total. The van der Waals surface area contributed by atoms with Crippen LogP contribution in [0.5, 0.6) is 0 Å². The maximum atomic E-state index is 12.3. The monoisotopic (exact) mass is 376 g/mol. The van der Waals surface area contributed by atoms with Crippen LogP contribution in [-0.4, -0.2) is 24.5 Å². The Morgan fingerprint density at radius 2 is 2.20 bits per heavy atom. The molecule has 0 spiro atoms. The molecule has 0 fully saturated rings. The van der Waals surface area contributed by atoms with E-state index in [0.29, 0.717) is 11.3 Å². The zero-order valence-electron chi connectivity index (χ0n) is 10.1. The van der Waals surface area contributed by atoms with Gasteiger partial charge in [0.2, 0.25) is 0 Å². The molecule has 2 aromatic heterocycles. The molecule has 0 aromatic carbocycles. The summed E-state index contributed by atoms with van der Waals surface area (Å²) < 4.78 is 27.2. The van der Waals surface area contributed by atoms with Gasteiger partial charge in [0.05, 0.1) is 9.47 Å². The minimum atomic E-state index is -3.86. The Morgan fingerprint density at radius 1 is 1.50 bits per heavy atom. The molecule has 0 unspecified atom stereocenters. The molecule has 106 valence electrons. The minimum absolute atomic E-state index is 0.0521. The van der Waals surface area contributed by atoms with Crippen LogP contribution >= 0.6 is 27.3 Å². The highest BCUT2D eigenvalue weighted by Crippen LogP contribution is 2.33. The highest BCUT2D eigenvalue weighted by Gasteiger charge is 2.23. The number of anilines is 1. The molecule has 0 bridgehead atoms. The number of sulfonamides is 1. The van der Waals surface area contributed by atoms with Crippen LogP contribution in [0.4, 0.5) is 5.69 Å². The molecule has 0 saturated heterocycles. The van der Waals surface area contributed by atoms with Crippen molar-refractivity contribution in [1.29, 1.82) is 0 Å². The lowest BCUT2D eigenvalue weighted by Gasteiger charge is -2.09. The second kappa shape index (κ2) is 5.51. The van der Waals surface area contributed by atoms with E-state index in [0.717, 1.165) is 17.4 Å². The Balaban J connectivity index is 2.41. The van der Waals surface area contributed by atoms with Gasteiger partial charge in [0.15, 0.2) is 0 Å². The molecule has 0 aliphatic heterocycles. The fourth-order valence-electron chi connectivity index (χ4n) is 1.43. The van der Waals surface area contributed by atoms with E-state index in [-0.39, 0.29) is 13.6 Å². The SMILES string of the molecule is Cc1cnccc1NS(=O)(=O)c1cc(C(=O)O)sc1Br. The van der Waals surface area contributed by atoms with Crippen molar-refractivity contribution in [2.45, 2.75) is 11.8 Å². The van der Waals surface area contributed by atoms with Crippen molar-refractivity contribution in [3.63, 3.8) is 0 Å². The van der Waals surface area contributed by atoms with Gasteiger partial charge in [-0.2, -0.15) is 0 Å². The number of thiophene rings is 1. The Kier molecular flexibility index (Phi) is 4.11. The number of carbonyl (C=O) groups is 1. The number of hydrogen-bond acceptors (Lipinski definition) is 5. The number of halogens is 1. The van der Waals surface area contributed by atoms with Gasteiger partial charge >= 0.3 is 5.97 Å². The molecule has 2 N–H and O–H groups in total. The molecular formula is C11H9BrN2O4S2. The van der Waals surface area contributed by atoms with Crippen LogP contribution in [0.15, 0.2) is 33.2 Å². The van der Waals surface area contributed by atoms with Gasteiger partial charge in [-0.3, -0.25) is 9.71 Å². The number of carboxylic acid groups (broad SMARTS) is 1. The first-order chi connectivity index (χ1) is 9.31. The van der Waals surface area contributed by atoms with Gasteiger partial charge in [-0.1, -0.05) is 0 Å². The van der Waals surface area contributed by atoms with Gasteiger partial charge in [-0.05, 0) is 40.5 Å². The van der Waals surface area contributed by atoms with Crippen LogP contribution in [0.3, 0.4) is 0 Å². The van der Waals surface area contributed by atoms with Crippen LogP contribution in [0.2, 0.25) is 0 Å². The van der Waals surface area contributed by atoms with Crippen LogP contribution < -0.4 is 4.72 Å². The maximum absolute atomic E-state index is 12.3. The summed E-state index contributed by atoms with van der Waals surface area (Å²) in [6.07, 6.45) is 3.00. The summed E-state index contributed by atoms with van der Waals surface area (Å²) in [6, 6.07) is 2.65. The standard InChI is InChI=1S/C11H9BrN2O4S2/c1-6-5-13-3-2-7(6)14-20(17,18)9-4-8(11(15)16)19-10(9)12/h2-5H,1H3,(H,13,14)(H,15,16). The number of nitrogens with one attached hydrogen (secondary N) is 1. The second-order valence-electron chi connectivity index (χ2n) is 3.85. The van der Waals surface area contributed by atoms with Crippen molar-refractivity contribution >= 4 is 48.9 Å². The highest BCUT2D eigenvalue weighted by atomic mass is 79.9. The van der Waals surface area contributed by atoms with Gasteiger partial charge in [0.1, 0.15) is 9.77 Å². The smallest absolute Gasteiger partial charge is 0.345 e. The van der Waals surface area contributed by atoms with E-state index in [1.165, 1.54) is 18.5 Å². The Morgan fingerprint density at radius 3 is 2.75 bits per heavy atom. The number of hydrogen-bond donors (Lipinski definition) is 2. The van der Waals surface area contributed by atoms with Crippen LogP contribution in [0, 0.1) is 6.92 Å². The summed E-state index contributed by atoms with van der Waals surface area (Å²) in [5, 5.41) is 8.89. The zero-order valence-corrected chi connectivity index (χ0v) is 13.3. The first-order valence-corrected chi connectivity index (χ1v) is 8.36. The minimum Gasteiger partial charge on any atom is -0.477 e. The first kappa shape index (κ1) is 14.9. The van der Waals surface area contributed by atoms with Gasteiger partial charge in [0.25, 0.3) is 10.0 Å². The van der Waals surface area contributed by atoms with E-state index in [1.807, 2.05) is 0 Å². The van der Waals surface area contributed by atoms with E-state index in [1.54, 1.807) is 6.92 Å². The quantitative estimate of drug-likeness (QED) is 0.854. The van der Waals surface area contributed by atoms with Crippen LogP contribution in [0.25, 0.3) is 0 Å². The van der Waals surface area contributed by atoms with Crippen LogP contribution in [-0.2, 0) is 10.0 Å².